The second-order valence-corrected chi connectivity index (χ2v) is 26.6. The number of anilines is 6. The number of carbonyl (C=O) groups excluding carboxylic acids is 1. The molecule has 0 saturated heterocycles. The van der Waals surface area contributed by atoms with Gasteiger partial charge in [-0.15, -0.1) is 11.3 Å². The van der Waals surface area contributed by atoms with Crippen LogP contribution in [0.5, 0.6) is 0 Å². The van der Waals surface area contributed by atoms with Gasteiger partial charge in [0.05, 0.1) is 30.2 Å². The molecule has 1 aromatic heterocycles. The van der Waals surface area contributed by atoms with Crippen LogP contribution in [0.2, 0.25) is 0 Å². The summed E-state index contributed by atoms with van der Waals surface area (Å²) in [4.78, 5) is 21.1. The fourth-order valence-corrected chi connectivity index (χ4v) is 15.0. The number of ether oxygens (including phenoxy) is 2. The summed E-state index contributed by atoms with van der Waals surface area (Å²) >= 11 is 1.88. The Morgan fingerprint density at radius 2 is 0.734 bits per heavy atom. The average Bonchev–Trinajstić information content (AvgIpc) is 1.23. The molecule has 13 rings (SSSR count). The van der Waals surface area contributed by atoms with Crippen LogP contribution in [0.4, 0.5) is 34.1 Å². The lowest BCUT2D eigenvalue weighted by atomic mass is 9.78. The number of ketones is 1. The number of rotatable bonds is 25. The van der Waals surface area contributed by atoms with Gasteiger partial charge in [0, 0.05) is 94.6 Å². The Hall–Kier alpha value is -9.47. The Morgan fingerprint density at radius 3 is 1.07 bits per heavy atom. The van der Waals surface area contributed by atoms with Crippen molar-refractivity contribution in [2.24, 2.45) is 5.41 Å². The number of carbonyl (C=O) groups is 1. The molecule has 0 radical (unpaired) electrons. The van der Waals surface area contributed by atoms with Gasteiger partial charge >= 0.3 is 0 Å². The lowest BCUT2D eigenvalue weighted by molar-refractivity contribution is -0.130. The highest BCUT2D eigenvalue weighted by Gasteiger charge is 2.32. The van der Waals surface area contributed by atoms with Gasteiger partial charge in [-0.05, 0) is 138 Å². The zero-order chi connectivity index (χ0) is 64.8. The number of para-hydroxylation sites is 4. The third kappa shape index (κ3) is 12.7. The molecule has 0 amide bonds. The number of fused-ring (bicyclic) bond motifs is 4. The summed E-state index contributed by atoms with van der Waals surface area (Å²) in [6, 6.07) is 97.2. The largest absolute Gasteiger partial charge is 0.373 e. The van der Waals surface area contributed by atoms with E-state index in [1.807, 2.05) is 11.3 Å². The summed E-state index contributed by atoms with van der Waals surface area (Å²) in [6.07, 6.45) is 3.84. The maximum atomic E-state index is 13.9. The SMILES string of the molecule is CCC(C)(C)OCCOC(O)CCc1ccc(-c2c(-c3c4ccccc4c(N(c4ccccc4)c4ccccc4)c4ccccc34)sc(-c3c4ccccc4c(N(c4ccccc4)c4ccccc4)c4ccccc34)c2-c2ccc(CCC(=O)C(C)(CC)CC)cc2)cc1. The van der Waals surface area contributed by atoms with E-state index >= 15 is 0 Å². The highest BCUT2D eigenvalue weighted by molar-refractivity contribution is 7.20. The molecule has 12 aromatic carbocycles. The van der Waals surface area contributed by atoms with Gasteiger partial charge in [-0.25, -0.2) is 0 Å². The van der Waals surface area contributed by atoms with E-state index in [4.69, 9.17) is 9.47 Å². The summed E-state index contributed by atoms with van der Waals surface area (Å²) in [6.45, 7) is 13.4. The molecule has 0 spiro atoms. The fourth-order valence-electron chi connectivity index (χ4n) is 13.5. The van der Waals surface area contributed by atoms with Crippen LogP contribution >= 0.6 is 11.3 Å². The van der Waals surface area contributed by atoms with Crippen LogP contribution in [0, 0.1) is 5.41 Å². The standard InChI is InChI=1S/C87H82N2O4S/c1-7-86(4,5)93-59-58-92-77(91)57-51-61-48-54-63(55-49-61)79-78(62-52-46-60(47-53-62)50-56-76(90)87(6,8-2)9-3)84(80-68-38-22-26-42-72(68)82(73-43-27-23-39-69(73)80)88(64-30-14-10-15-31-64)65-32-16-11-17-33-65)94-85(79)81-70-40-24-28-44-74(70)83(75-45-29-25-41-71(75)81)89(66-34-18-12-19-35-66)67-36-20-13-21-37-67/h10-49,52-55,77,91H,7-9,50-51,56-59H2,1-6H3. The molecule has 0 fully saturated rings. The van der Waals surface area contributed by atoms with Crippen molar-refractivity contribution >= 4 is 94.3 Å². The summed E-state index contributed by atoms with van der Waals surface area (Å²) in [5.74, 6) is 0.321. The van der Waals surface area contributed by atoms with Gasteiger partial charge in [0.1, 0.15) is 5.78 Å². The molecule has 1 N–H and O–H groups in total. The smallest absolute Gasteiger partial charge is 0.154 e. The molecule has 1 heterocycles. The van der Waals surface area contributed by atoms with E-state index in [9.17, 15) is 9.90 Å². The van der Waals surface area contributed by atoms with Crippen molar-refractivity contribution in [3.05, 3.63) is 278 Å². The van der Waals surface area contributed by atoms with Crippen LogP contribution in [0.3, 0.4) is 0 Å². The second kappa shape index (κ2) is 28.0. The highest BCUT2D eigenvalue weighted by Crippen LogP contribution is 2.59. The van der Waals surface area contributed by atoms with Crippen molar-refractivity contribution in [2.45, 2.75) is 98.4 Å². The zero-order valence-electron chi connectivity index (χ0n) is 54.8. The van der Waals surface area contributed by atoms with E-state index in [0.29, 0.717) is 44.7 Å². The summed E-state index contributed by atoms with van der Waals surface area (Å²) in [5.41, 5.74) is 14.9. The number of aryl methyl sites for hydroxylation is 2. The number of aliphatic hydroxyl groups is 1. The van der Waals surface area contributed by atoms with Gasteiger partial charge < -0.3 is 24.4 Å². The molecule has 94 heavy (non-hydrogen) atoms. The average molecular weight is 1250 g/mol. The highest BCUT2D eigenvalue weighted by atomic mass is 32.1. The Bertz CT molecular complexity index is 4560. The Kier molecular flexibility index (Phi) is 18.9. The van der Waals surface area contributed by atoms with Gasteiger partial charge in [0.2, 0.25) is 0 Å². The first-order chi connectivity index (χ1) is 46.0. The molecule has 7 heteroatoms. The van der Waals surface area contributed by atoms with Crippen LogP contribution < -0.4 is 9.80 Å². The second-order valence-electron chi connectivity index (χ2n) is 25.6. The van der Waals surface area contributed by atoms with Crippen LogP contribution in [0.15, 0.2) is 267 Å². The van der Waals surface area contributed by atoms with Crippen molar-refractivity contribution in [2.75, 3.05) is 23.0 Å². The van der Waals surface area contributed by atoms with E-state index in [1.54, 1.807) is 0 Å². The van der Waals surface area contributed by atoms with E-state index < -0.39 is 6.29 Å². The molecule has 0 aliphatic carbocycles. The maximum Gasteiger partial charge on any atom is 0.154 e. The van der Waals surface area contributed by atoms with Gasteiger partial charge in [-0.1, -0.05) is 246 Å². The zero-order valence-corrected chi connectivity index (χ0v) is 55.6. The van der Waals surface area contributed by atoms with Crippen LogP contribution in [-0.2, 0) is 27.1 Å². The molecular formula is C87H82N2O4S. The molecular weight excluding hydrogens is 1170 g/mol. The molecule has 1 atom stereocenters. The summed E-state index contributed by atoms with van der Waals surface area (Å²) < 4.78 is 12.0. The van der Waals surface area contributed by atoms with Crippen molar-refractivity contribution < 1.29 is 19.4 Å². The fraction of sp³-hybridized carbons (Fsp3) is 0.207. The molecule has 6 nitrogen and oxygen atoms in total. The van der Waals surface area contributed by atoms with E-state index in [-0.39, 0.29) is 11.0 Å². The minimum Gasteiger partial charge on any atom is -0.373 e. The molecule has 13 aromatic rings. The molecule has 0 bridgehead atoms. The van der Waals surface area contributed by atoms with E-state index in [1.165, 1.54) is 0 Å². The first-order valence-corrected chi connectivity index (χ1v) is 34.3. The quantitative estimate of drug-likeness (QED) is 0.0350. The Balaban J connectivity index is 1.09. The molecule has 0 aliphatic rings. The van der Waals surface area contributed by atoms with Gasteiger partial charge in [-0.3, -0.25) is 4.79 Å². The molecule has 1 unspecified atom stereocenters. The van der Waals surface area contributed by atoms with Gasteiger partial charge in [-0.2, -0.15) is 0 Å². The number of aliphatic hydroxyl groups excluding tert-OH is 1. The monoisotopic (exact) mass is 1250 g/mol. The topological polar surface area (TPSA) is 62.2 Å². The van der Waals surface area contributed by atoms with E-state index in [0.717, 1.165) is 151 Å². The Morgan fingerprint density at radius 1 is 0.404 bits per heavy atom. The number of nitrogens with zero attached hydrogens (tertiary/aromatic N) is 2. The predicted molar refractivity (Wildman–Crippen MR) is 398 cm³/mol. The number of Topliss-reactive ketones (excluding diaryl/α,β-unsaturated/α-hetero) is 1. The van der Waals surface area contributed by atoms with E-state index in [2.05, 4.69) is 318 Å². The molecule has 0 aliphatic heterocycles. The lowest BCUT2D eigenvalue weighted by Crippen LogP contribution is -2.26. The van der Waals surface area contributed by atoms with Crippen LogP contribution in [0.25, 0.3) is 86.2 Å². The number of hydrogen-bond acceptors (Lipinski definition) is 7. The minimum absolute atomic E-state index is 0.246. The van der Waals surface area contributed by atoms with Crippen LogP contribution in [0.1, 0.15) is 84.8 Å². The number of thiophene rings is 1. The number of hydrogen-bond donors (Lipinski definition) is 1. The third-order valence-corrected chi connectivity index (χ3v) is 20.7. The predicted octanol–water partition coefficient (Wildman–Crippen LogP) is 23.8. The molecule has 470 valence electrons. The van der Waals surface area contributed by atoms with Gasteiger partial charge in [0.15, 0.2) is 6.29 Å². The van der Waals surface area contributed by atoms with Gasteiger partial charge in [0.25, 0.3) is 0 Å². The normalized spacial score (nSPS) is 12.2. The summed E-state index contributed by atoms with van der Waals surface area (Å²) in [7, 11) is 0. The van der Waals surface area contributed by atoms with Crippen molar-refractivity contribution in [1.82, 2.24) is 0 Å². The first kappa shape index (κ1) is 63.3. The summed E-state index contributed by atoms with van der Waals surface area (Å²) in [5, 5.41) is 20.3. The lowest BCUT2D eigenvalue weighted by Gasteiger charge is -2.29. The van der Waals surface area contributed by atoms with Crippen molar-refractivity contribution in [3.8, 4) is 43.1 Å². The van der Waals surface area contributed by atoms with Crippen LogP contribution in [-0.4, -0.2) is 36.0 Å². The van der Waals surface area contributed by atoms with Crippen molar-refractivity contribution in [3.63, 3.8) is 0 Å². The number of benzene rings is 12. The van der Waals surface area contributed by atoms with Crippen molar-refractivity contribution in [1.29, 1.82) is 0 Å². The molecule has 0 saturated carbocycles. The third-order valence-electron chi connectivity index (χ3n) is 19.5. The Labute approximate surface area is 558 Å². The first-order valence-electron chi connectivity index (χ1n) is 33.5. The minimum atomic E-state index is -0.928. The maximum absolute atomic E-state index is 13.9.